The number of hydrogen-bond acceptors (Lipinski definition) is 3. The molecule has 1 aromatic carbocycles. The molecule has 2 bridgehead atoms. The second-order valence-corrected chi connectivity index (χ2v) is 5.79. The van der Waals surface area contributed by atoms with Crippen LogP contribution in [0.2, 0.25) is 0 Å². The molecule has 22 heavy (non-hydrogen) atoms. The van der Waals surface area contributed by atoms with Gasteiger partial charge < -0.3 is 15.2 Å². The first-order valence-corrected chi connectivity index (χ1v) is 7.49. The summed E-state index contributed by atoms with van der Waals surface area (Å²) in [7, 11) is 0. The van der Waals surface area contributed by atoms with Gasteiger partial charge in [-0.1, -0.05) is 37.3 Å². The number of nitrogens with one attached hydrogen (secondary N) is 1. The lowest BCUT2D eigenvalue weighted by atomic mass is 9.82. The average Bonchev–Trinajstić information content (AvgIpc) is 3.09. The zero-order valence-electron chi connectivity index (χ0n) is 12.6. The summed E-state index contributed by atoms with van der Waals surface area (Å²) in [6.45, 7) is 3.95. The fourth-order valence-electron chi connectivity index (χ4n) is 3.32. The van der Waals surface area contributed by atoms with Gasteiger partial charge in [0.1, 0.15) is 5.92 Å². The first-order valence-electron chi connectivity index (χ1n) is 7.49. The zero-order chi connectivity index (χ0) is 15.9. The van der Waals surface area contributed by atoms with Crippen molar-refractivity contribution in [2.45, 2.75) is 32.5 Å². The largest absolute Gasteiger partial charge is 0.481 e. The third kappa shape index (κ3) is 2.31. The van der Waals surface area contributed by atoms with Gasteiger partial charge in [-0.15, -0.1) is 0 Å². The molecule has 0 radical (unpaired) electrons. The highest BCUT2D eigenvalue weighted by Crippen LogP contribution is 2.40. The quantitative estimate of drug-likeness (QED) is 0.836. The molecule has 2 heterocycles. The van der Waals surface area contributed by atoms with Crippen LogP contribution in [0.25, 0.3) is 0 Å². The predicted molar refractivity (Wildman–Crippen MR) is 81.6 cm³/mol. The molecule has 4 atom stereocenters. The molecule has 1 aromatic rings. The molecule has 5 heteroatoms. The van der Waals surface area contributed by atoms with Crippen molar-refractivity contribution in [3.8, 4) is 0 Å². The maximum absolute atomic E-state index is 12.7. The minimum atomic E-state index is -0.988. The van der Waals surface area contributed by atoms with E-state index in [4.69, 9.17) is 4.74 Å². The molecule has 0 saturated carbocycles. The number of anilines is 1. The van der Waals surface area contributed by atoms with E-state index in [0.29, 0.717) is 0 Å². The van der Waals surface area contributed by atoms with E-state index in [2.05, 4.69) is 5.32 Å². The number of fused-ring (bicyclic) bond motifs is 2. The van der Waals surface area contributed by atoms with Crippen molar-refractivity contribution in [3.63, 3.8) is 0 Å². The second kappa shape index (κ2) is 5.57. The van der Waals surface area contributed by atoms with Crippen molar-refractivity contribution >= 4 is 17.6 Å². The Labute approximate surface area is 129 Å². The molecule has 116 valence electrons. The maximum atomic E-state index is 12.7. The molecular formula is C17H19NO4. The SMILES string of the molecule is CCc1cccc(C)c1NC(=O)[C@@H]1[C@@H](C(=O)O)[C@H]2C=C[C@H]1O2. The fourth-order valence-corrected chi connectivity index (χ4v) is 3.32. The Kier molecular flexibility index (Phi) is 3.74. The molecule has 1 fully saturated rings. The number of carbonyl (C=O) groups is 2. The lowest BCUT2D eigenvalue weighted by Crippen LogP contribution is -2.39. The summed E-state index contributed by atoms with van der Waals surface area (Å²) in [5.74, 6) is -2.77. The molecular weight excluding hydrogens is 282 g/mol. The monoisotopic (exact) mass is 301 g/mol. The van der Waals surface area contributed by atoms with Gasteiger partial charge in [-0.05, 0) is 24.5 Å². The Balaban J connectivity index is 1.86. The highest BCUT2D eigenvalue weighted by Gasteiger charge is 2.53. The number of para-hydroxylation sites is 1. The molecule has 2 aliphatic heterocycles. The topological polar surface area (TPSA) is 75.6 Å². The summed E-state index contributed by atoms with van der Waals surface area (Å²) in [5.41, 5.74) is 2.80. The first kappa shape index (κ1) is 14.8. The molecule has 1 amide bonds. The number of carboxylic acid groups (broad SMARTS) is 1. The molecule has 5 nitrogen and oxygen atoms in total. The van der Waals surface area contributed by atoms with E-state index in [1.165, 1.54) is 0 Å². The number of aliphatic carboxylic acids is 1. The van der Waals surface area contributed by atoms with Crippen LogP contribution in [0, 0.1) is 18.8 Å². The van der Waals surface area contributed by atoms with Crippen LogP contribution < -0.4 is 5.32 Å². The number of carbonyl (C=O) groups excluding carboxylic acids is 1. The number of benzene rings is 1. The summed E-state index contributed by atoms with van der Waals surface area (Å²) in [4.78, 5) is 24.1. The summed E-state index contributed by atoms with van der Waals surface area (Å²) in [6.07, 6.45) is 3.37. The Morgan fingerprint density at radius 1 is 1.23 bits per heavy atom. The molecule has 0 aromatic heterocycles. The minimum absolute atomic E-state index is 0.284. The van der Waals surface area contributed by atoms with Gasteiger partial charge in [0.25, 0.3) is 0 Å². The van der Waals surface area contributed by atoms with E-state index in [9.17, 15) is 14.7 Å². The van der Waals surface area contributed by atoms with Crippen molar-refractivity contribution < 1.29 is 19.4 Å². The average molecular weight is 301 g/mol. The lowest BCUT2D eigenvalue weighted by molar-refractivity contribution is -0.145. The van der Waals surface area contributed by atoms with E-state index >= 15 is 0 Å². The van der Waals surface area contributed by atoms with Gasteiger partial charge >= 0.3 is 5.97 Å². The number of carboxylic acids is 1. The van der Waals surface area contributed by atoms with Crippen LogP contribution in [0.4, 0.5) is 5.69 Å². The third-order valence-corrected chi connectivity index (χ3v) is 4.48. The standard InChI is InChI=1S/C17H19NO4/c1-3-10-6-4-5-9(2)15(10)18-16(19)13-11-7-8-12(22-11)14(13)17(20)21/h4-8,11-14H,3H2,1-2H3,(H,18,19)(H,20,21)/t11-,12-,13+,14+/m1/s1. The van der Waals surface area contributed by atoms with E-state index in [0.717, 1.165) is 23.2 Å². The van der Waals surface area contributed by atoms with Crippen LogP contribution >= 0.6 is 0 Å². The highest BCUT2D eigenvalue weighted by molar-refractivity contribution is 5.97. The first-order chi connectivity index (χ1) is 10.5. The van der Waals surface area contributed by atoms with Gasteiger partial charge in [0.2, 0.25) is 5.91 Å². The van der Waals surface area contributed by atoms with Gasteiger partial charge in [-0.2, -0.15) is 0 Å². The van der Waals surface area contributed by atoms with Gasteiger partial charge in [0.15, 0.2) is 0 Å². The second-order valence-electron chi connectivity index (χ2n) is 5.79. The minimum Gasteiger partial charge on any atom is -0.481 e. The number of hydrogen-bond donors (Lipinski definition) is 2. The van der Waals surface area contributed by atoms with Crippen molar-refractivity contribution in [2.75, 3.05) is 5.32 Å². The van der Waals surface area contributed by atoms with Crippen molar-refractivity contribution in [1.82, 2.24) is 0 Å². The Morgan fingerprint density at radius 3 is 2.55 bits per heavy atom. The summed E-state index contributed by atoms with van der Waals surface area (Å²) >= 11 is 0. The molecule has 3 rings (SSSR count). The normalized spacial score (nSPS) is 28.8. The fraction of sp³-hybridized carbons (Fsp3) is 0.412. The molecule has 1 saturated heterocycles. The van der Waals surface area contributed by atoms with Crippen molar-refractivity contribution in [3.05, 3.63) is 41.5 Å². The van der Waals surface area contributed by atoms with E-state index in [1.54, 1.807) is 12.2 Å². The van der Waals surface area contributed by atoms with Crippen molar-refractivity contribution in [1.29, 1.82) is 0 Å². The van der Waals surface area contributed by atoms with E-state index < -0.39 is 30.0 Å². The lowest BCUT2D eigenvalue weighted by Gasteiger charge is -2.22. The van der Waals surface area contributed by atoms with Crippen LogP contribution in [0.5, 0.6) is 0 Å². The summed E-state index contributed by atoms with van der Waals surface area (Å²) < 4.78 is 5.55. The third-order valence-electron chi connectivity index (χ3n) is 4.48. The molecule has 2 aliphatic rings. The van der Waals surface area contributed by atoms with Crippen LogP contribution in [0.3, 0.4) is 0 Å². The maximum Gasteiger partial charge on any atom is 0.310 e. The van der Waals surface area contributed by atoms with Crippen LogP contribution in [0.15, 0.2) is 30.4 Å². The van der Waals surface area contributed by atoms with Crippen LogP contribution in [0.1, 0.15) is 18.1 Å². The Hall–Kier alpha value is -2.14. The van der Waals surface area contributed by atoms with Gasteiger partial charge in [0.05, 0.1) is 18.1 Å². The van der Waals surface area contributed by atoms with Crippen molar-refractivity contribution in [2.24, 2.45) is 11.8 Å². The van der Waals surface area contributed by atoms with E-state index in [1.807, 2.05) is 32.0 Å². The molecule has 0 unspecified atom stereocenters. The molecule has 2 N–H and O–H groups in total. The number of aryl methyl sites for hydroxylation is 2. The number of amides is 1. The van der Waals surface area contributed by atoms with Gasteiger partial charge in [0, 0.05) is 5.69 Å². The van der Waals surface area contributed by atoms with Gasteiger partial charge in [-0.3, -0.25) is 9.59 Å². The molecule has 0 spiro atoms. The smallest absolute Gasteiger partial charge is 0.310 e. The molecule has 0 aliphatic carbocycles. The summed E-state index contributed by atoms with van der Waals surface area (Å²) in [6, 6.07) is 5.85. The summed E-state index contributed by atoms with van der Waals surface area (Å²) in [5, 5.41) is 12.3. The number of ether oxygens (including phenoxy) is 1. The van der Waals surface area contributed by atoms with Crippen LogP contribution in [-0.4, -0.2) is 29.2 Å². The van der Waals surface area contributed by atoms with Crippen LogP contribution in [-0.2, 0) is 20.7 Å². The van der Waals surface area contributed by atoms with E-state index in [-0.39, 0.29) is 5.91 Å². The Bertz CT molecular complexity index is 652. The Morgan fingerprint density at radius 2 is 1.91 bits per heavy atom. The zero-order valence-corrected chi connectivity index (χ0v) is 12.6. The highest BCUT2D eigenvalue weighted by atomic mass is 16.5. The number of rotatable bonds is 4. The predicted octanol–water partition coefficient (Wildman–Crippen LogP) is 2.15. The van der Waals surface area contributed by atoms with Gasteiger partial charge in [-0.25, -0.2) is 0 Å².